The molecule has 19 heavy (non-hydrogen) atoms. The van der Waals surface area contributed by atoms with Crippen molar-refractivity contribution in [3.63, 3.8) is 0 Å². The third kappa shape index (κ3) is 3.28. The number of rotatable bonds is 4. The van der Waals surface area contributed by atoms with Crippen LogP contribution in [-0.4, -0.2) is 23.0 Å². The lowest BCUT2D eigenvalue weighted by atomic mass is 10.1. The molecule has 2 aromatic rings. The van der Waals surface area contributed by atoms with Crippen LogP contribution in [0.15, 0.2) is 36.5 Å². The van der Waals surface area contributed by atoms with Gasteiger partial charge in [0.05, 0.1) is 7.11 Å². The third-order valence-corrected chi connectivity index (χ3v) is 2.66. The lowest BCUT2D eigenvalue weighted by molar-refractivity contribution is 0.0587. The van der Waals surface area contributed by atoms with E-state index in [2.05, 4.69) is 26.9 Å². The van der Waals surface area contributed by atoms with E-state index in [1.54, 1.807) is 6.07 Å². The first-order valence-electron chi connectivity index (χ1n) is 6.00. The molecule has 0 bridgehead atoms. The zero-order valence-corrected chi connectivity index (χ0v) is 10.9. The van der Waals surface area contributed by atoms with Gasteiger partial charge in [0.1, 0.15) is 5.82 Å². The normalized spacial score (nSPS) is 10.0. The molecule has 98 valence electrons. The average molecular weight is 257 g/mol. The fourth-order valence-corrected chi connectivity index (χ4v) is 1.59. The molecule has 1 aromatic heterocycles. The summed E-state index contributed by atoms with van der Waals surface area (Å²) < 4.78 is 4.58. The number of nitrogens with one attached hydrogen (secondary N) is 1. The van der Waals surface area contributed by atoms with E-state index in [4.69, 9.17) is 0 Å². The summed E-state index contributed by atoms with van der Waals surface area (Å²) in [7, 11) is 1.30. The summed E-state index contributed by atoms with van der Waals surface area (Å²) in [5.41, 5.74) is 2.18. The first-order chi connectivity index (χ1) is 9.22. The third-order valence-electron chi connectivity index (χ3n) is 2.66. The zero-order valence-electron chi connectivity index (χ0n) is 10.9. The molecule has 1 aromatic carbocycles. The van der Waals surface area contributed by atoms with Crippen LogP contribution < -0.4 is 5.32 Å². The quantitative estimate of drug-likeness (QED) is 0.853. The molecule has 0 amide bonds. The number of carbonyl (C=O) groups excluding carboxylic acids is 1. The number of benzene rings is 1. The fourth-order valence-electron chi connectivity index (χ4n) is 1.59. The van der Waals surface area contributed by atoms with Crippen molar-refractivity contribution in [3.05, 3.63) is 47.9 Å². The summed E-state index contributed by atoms with van der Waals surface area (Å²) in [6.07, 6.45) is 2.52. The molecule has 0 unspecified atom stereocenters. The molecule has 0 spiro atoms. The van der Waals surface area contributed by atoms with Crippen LogP contribution in [0.5, 0.6) is 0 Å². The van der Waals surface area contributed by atoms with Crippen LogP contribution in [0, 0.1) is 0 Å². The Morgan fingerprint density at radius 1 is 1.26 bits per heavy atom. The average Bonchev–Trinajstić information content (AvgIpc) is 2.47. The van der Waals surface area contributed by atoms with Crippen LogP contribution in [0.4, 0.5) is 11.5 Å². The van der Waals surface area contributed by atoms with Crippen molar-refractivity contribution < 1.29 is 9.53 Å². The maximum absolute atomic E-state index is 11.3. The Morgan fingerprint density at radius 3 is 2.63 bits per heavy atom. The molecular formula is C14H15N3O2. The number of anilines is 2. The molecule has 0 aliphatic carbocycles. The van der Waals surface area contributed by atoms with Crippen LogP contribution in [-0.2, 0) is 11.2 Å². The second kappa shape index (κ2) is 5.95. The SMILES string of the molecule is CCc1ccc(Nc2ccnc(C(=O)OC)n2)cc1. The molecule has 0 aliphatic rings. The molecule has 0 saturated carbocycles. The minimum absolute atomic E-state index is 0.0395. The summed E-state index contributed by atoms with van der Waals surface area (Å²) in [5.74, 6) is 0.0438. The number of hydrogen-bond acceptors (Lipinski definition) is 5. The smallest absolute Gasteiger partial charge is 0.376 e. The van der Waals surface area contributed by atoms with Crippen LogP contribution in [0.2, 0.25) is 0 Å². The van der Waals surface area contributed by atoms with Gasteiger partial charge >= 0.3 is 5.97 Å². The van der Waals surface area contributed by atoms with Crippen molar-refractivity contribution in [1.82, 2.24) is 9.97 Å². The van der Waals surface area contributed by atoms with Crippen LogP contribution in [0.1, 0.15) is 23.1 Å². The van der Waals surface area contributed by atoms with Crippen molar-refractivity contribution in [1.29, 1.82) is 0 Å². The Balaban J connectivity index is 2.16. The largest absolute Gasteiger partial charge is 0.463 e. The van der Waals surface area contributed by atoms with Gasteiger partial charge in [0, 0.05) is 11.9 Å². The lowest BCUT2D eigenvalue weighted by Gasteiger charge is -2.07. The van der Waals surface area contributed by atoms with Crippen molar-refractivity contribution in [3.8, 4) is 0 Å². The number of ether oxygens (including phenoxy) is 1. The number of carbonyl (C=O) groups is 1. The first kappa shape index (κ1) is 13.0. The molecule has 0 saturated heterocycles. The van der Waals surface area contributed by atoms with Gasteiger partial charge in [-0.25, -0.2) is 14.8 Å². The van der Waals surface area contributed by atoms with E-state index in [1.807, 2.05) is 24.3 Å². The van der Waals surface area contributed by atoms with E-state index in [-0.39, 0.29) is 5.82 Å². The van der Waals surface area contributed by atoms with E-state index in [9.17, 15) is 4.79 Å². The predicted octanol–water partition coefficient (Wildman–Crippen LogP) is 2.57. The van der Waals surface area contributed by atoms with E-state index < -0.39 is 5.97 Å². The molecular weight excluding hydrogens is 242 g/mol. The summed E-state index contributed by atoms with van der Waals surface area (Å²) in [4.78, 5) is 19.3. The minimum atomic E-state index is -0.551. The van der Waals surface area contributed by atoms with Gasteiger partial charge in [-0.1, -0.05) is 19.1 Å². The van der Waals surface area contributed by atoms with Gasteiger partial charge in [0.15, 0.2) is 0 Å². The Labute approximate surface area is 111 Å². The van der Waals surface area contributed by atoms with E-state index in [0.717, 1.165) is 12.1 Å². The van der Waals surface area contributed by atoms with Crippen LogP contribution in [0.3, 0.4) is 0 Å². The highest BCUT2D eigenvalue weighted by molar-refractivity contribution is 5.85. The number of aromatic nitrogens is 2. The highest BCUT2D eigenvalue weighted by atomic mass is 16.5. The lowest BCUT2D eigenvalue weighted by Crippen LogP contribution is -2.08. The highest BCUT2D eigenvalue weighted by Crippen LogP contribution is 2.15. The number of hydrogen-bond donors (Lipinski definition) is 1. The van der Waals surface area contributed by atoms with Gasteiger partial charge in [0.2, 0.25) is 5.82 Å². The summed E-state index contributed by atoms with van der Waals surface area (Å²) in [5, 5.41) is 3.12. The number of esters is 1. The zero-order chi connectivity index (χ0) is 13.7. The van der Waals surface area contributed by atoms with E-state index in [0.29, 0.717) is 5.82 Å². The molecule has 0 aliphatic heterocycles. The summed E-state index contributed by atoms with van der Waals surface area (Å²) in [6.45, 7) is 2.11. The Bertz CT molecular complexity index is 567. The minimum Gasteiger partial charge on any atom is -0.463 e. The standard InChI is InChI=1S/C14H15N3O2/c1-3-10-4-6-11(7-5-10)16-12-8-9-15-13(17-12)14(18)19-2/h4-9H,3H2,1-2H3,(H,15,16,17). The monoisotopic (exact) mass is 257 g/mol. The maximum Gasteiger partial charge on any atom is 0.376 e. The van der Waals surface area contributed by atoms with Gasteiger partial charge in [-0.3, -0.25) is 0 Å². The van der Waals surface area contributed by atoms with Gasteiger partial charge in [-0.2, -0.15) is 0 Å². The number of nitrogens with zero attached hydrogens (tertiary/aromatic N) is 2. The highest BCUT2D eigenvalue weighted by Gasteiger charge is 2.09. The Morgan fingerprint density at radius 2 is 2.00 bits per heavy atom. The fraction of sp³-hybridized carbons (Fsp3) is 0.214. The molecule has 5 nitrogen and oxygen atoms in total. The van der Waals surface area contributed by atoms with Gasteiger partial charge in [-0.15, -0.1) is 0 Å². The molecule has 0 fully saturated rings. The topological polar surface area (TPSA) is 64.1 Å². The molecule has 0 atom stereocenters. The van der Waals surface area contributed by atoms with E-state index >= 15 is 0 Å². The molecule has 2 rings (SSSR count). The maximum atomic E-state index is 11.3. The summed E-state index contributed by atoms with van der Waals surface area (Å²) >= 11 is 0. The van der Waals surface area contributed by atoms with Gasteiger partial charge in [0.25, 0.3) is 0 Å². The second-order valence-electron chi connectivity index (χ2n) is 3.93. The molecule has 1 heterocycles. The Kier molecular flexibility index (Phi) is 4.07. The predicted molar refractivity (Wildman–Crippen MR) is 72.5 cm³/mol. The molecule has 1 N–H and O–H groups in total. The van der Waals surface area contributed by atoms with E-state index in [1.165, 1.54) is 18.9 Å². The van der Waals surface area contributed by atoms with Crippen molar-refractivity contribution in [2.75, 3.05) is 12.4 Å². The second-order valence-corrected chi connectivity index (χ2v) is 3.93. The van der Waals surface area contributed by atoms with Gasteiger partial charge in [-0.05, 0) is 30.2 Å². The first-order valence-corrected chi connectivity index (χ1v) is 6.00. The molecule has 5 heteroatoms. The van der Waals surface area contributed by atoms with Crippen LogP contribution in [0.25, 0.3) is 0 Å². The van der Waals surface area contributed by atoms with Crippen molar-refractivity contribution in [2.45, 2.75) is 13.3 Å². The number of aryl methyl sites for hydroxylation is 1. The van der Waals surface area contributed by atoms with Crippen LogP contribution >= 0.6 is 0 Å². The van der Waals surface area contributed by atoms with Crippen molar-refractivity contribution >= 4 is 17.5 Å². The Hall–Kier alpha value is -2.43. The summed E-state index contributed by atoms with van der Waals surface area (Å²) in [6, 6.07) is 9.73. The molecule has 0 radical (unpaired) electrons. The number of methoxy groups -OCH3 is 1. The van der Waals surface area contributed by atoms with Gasteiger partial charge < -0.3 is 10.1 Å². The van der Waals surface area contributed by atoms with Crippen molar-refractivity contribution in [2.24, 2.45) is 0 Å².